The summed E-state index contributed by atoms with van der Waals surface area (Å²) in [4.78, 5) is 7.79. The molecule has 34 heavy (non-hydrogen) atoms. The zero-order valence-corrected chi connectivity index (χ0v) is 19.7. The minimum Gasteiger partial charge on any atom is -0.334 e. The Bertz CT molecular complexity index is 1360. The van der Waals surface area contributed by atoms with Gasteiger partial charge in [-0.15, -0.1) is 0 Å². The van der Waals surface area contributed by atoms with Crippen LogP contribution < -0.4 is 4.72 Å². The largest absolute Gasteiger partial charge is 0.404 e. The van der Waals surface area contributed by atoms with Gasteiger partial charge in [0.2, 0.25) is 10.0 Å². The highest BCUT2D eigenvalue weighted by atomic mass is 35.5. The van der Waals surface area contributed by atoms with Gasteiger partial charge in [-0.25, -0.2) is 18.4 Å². The molecule has 1 aliphatic carbocycles. The number of fused-ring (bicyclic) bond motifs is 1. The first-order valence-electron chi connectivity index (χ1n) is 10.7. The lowest BCUT2D eigenvalue weighted by molar-refractivity contribution is -0.147. The zero-order chi connectivity index (χ0) is 24.7. The molecule has 0 radical (unpaired) electrons. The minimum atomic E-state index is -4.74. The van der Waals surface area contributed by atoms with Crippen LogP contribution in [0.4, 0.5) is 13.2 Å². The molecule has 0 saturated heterocycles. The maximum absolute atomic E-state index is 12.8. The average Bonchev–Trinajstić information content (AvgIpc) is 3.12. The number of alkyl halides is 3. The zero-order valence-electron chi connectivity index (χ0n) is 18.1. The summed E-state index contributed by atoms with van der Waals surface area (Å²) in [6.45, 7) is 0.708. The smallest absolute Gasteiger partial charge is 0.334 e. The Morgan fingerprint density at radius 3 is 2.44 bits per heavy atom. The van der Waals surface area contributed by atoms with Gasteiger partial charge in [0.15, 0.2) is 5.82 Å². The SMILES string of the molecule is C[C@H](NS(=O)(=O)c1cnc(-c2c(C#N)c3cc(Cl)ccc3n2C2CCCCC2)nc1)C(F)(F)F. The van der Waals surface area contributed by atoms with Crippen LogP contribution >= 0.6 is 11.6 Å². The van der Waals surface area contributed by atoms with Gasteiger partial charge in [0.05, 0.1) is 23.5 Å². The molecule has 0 unspecified atom stereocenters. The third-order valence-electron chi connectivity index (χ3n) is 5.99. The van der Waals surface area contributed by atoms with E-state index in [1.54, 1.807) is 16.9 Å². The van der Waals surface area contributed by atoms with E-state index < -0.39 is 27.1 Å². The fourth-order valence-electron chi connectivity index (χ4n) is 4.28. The van der Waals surface area contributed by atoms with Crippen LogP contribution in [0.15, 0.2) is 35.5 Å². The Morgan fingerprint density at radius 1 is 1.21 bits per heavy atom. The molecule has 1 aliphatic rings. The van der Waals surface area contributed by atoms with Crippen LogP contribution in [0.1, 0.15) is 50.6 Å². The standard InChI is InChI=1S/C22H21ClF3N5O2S/c1-13(22(24,25)26)30-34(32,33)16-11-28-21(29-12-16)20-18(10-27)17-9-14(23)7-8-19(17)31(20)15-5-3-2-4-6-15/h7-9,11-13,15,30H,2-6H2,1H3/t13-/m0/s1. The van der Waals surface area contributed by atoms with Crippen molar-refractivity contribution in [3.05, 3.63) is 41.2 Å². The van der Waals surface area contributed by atoms with Crippen LogP contribution in [0.25, 0.3) is 22.4 Å². The quantitative estimate of drug-likeness (QED) is 0.497. The van der Waals surface area contributed by atoms with Crippen molar-refractivity contribution < 1.29 is 21.6 Å². The van der Waals surface area contributed by atoms with Crippen molar-refractivity contribution in [2.75, 3.05) is 0 Å². The summed E-state index contributed by atoms with van der Waals surface area (Å²) in [5.74, 6) is 0.109. The second kappa shape index (κ2) is 9.17. The molecule has 0 bridgehead atoms. The number of benzene rings is 1. The Labute approximate surface area is 199 Å². The van der Waals surface area contributed by atoms with Gasteiger partial charge in [-0.2, -0.15) is 23.2 Å². The number of halogens is 4. The number of rotatable bonds is 5. The van der Waals surface area contributed by atoms with E-state index in [4.69, 9.17) is 11.6 Å². The first kappa shape index (κ1) is 24.4. The third kappa shape index (κ3) is 4.62. The van der Waals surface area contributed by atoms with Crippen LogP contribution in [0, 0.1) is 11.3 Å². The van der Waals surface area contributed by atoms with Gasteiger partial charge in [0.25, 0.3) is 0 Å². The average molecular weight is 512 g/mol. The van der Waals surface area contributed by atoms with Crippen molar-refractivity contribution in [3.8, 4) is 17.6 Å². The molecule has 1 saturated carbocycles. The summed E-state index contributed by atoms with van der Waals surface area (Å²) >= 11 is 6.18. The summed E-state index contributed by atoms with van der Waals surface area (Å²) in [5, 5.41) is 11.1. The first-order chi connectivity index (χ1) is 16.0. The van der Waals surface area contributed by atoms with Crippen molar-refractivity contribution in [2.24, 2.45) is 0 Å². The van der Waals surface area contributed by atoms with E-state index in [1.807, 2.05) is 10.6 Å². The monoisotopic (exact) mass is 511 g/mol. The number of nitrogens with zero attached hydrogens (tertiary/aromatic N) is 4. The van der Waals surface area contributed by atoms with Gasteiger partial charge in [0.1, 0.15) is 22.7 Å². The molecule has 0 aliphatic heterocycles. The Morgan fingerprint density at radius 2 is 1.85 bits per heavy atom. The molecule has 4 rings (SSSR count). The number of hydrogen-bond acceptors (Lipinski definition) is 5. The third-order valence-corrected chi connectivity index (χ3v) is 7.72. The summed E-state index contributed by atoms with van der Waals surface area (Å²) in [5.41, 5.74) is 1.54. The van der Waals surface area contributed by atoms with Gasteiger partial charge in [0, 0.05) is 16.5 Å². The summed E-state index contributed by atoms with van der Waals surface area (Å²) < 4.78 is 66.8. The molecule has 1 aromatic carbocycles. The van der Waals surface area contributed by atoms with E-state index in [1.165, 1.54) is 0 Å². The number of nitriles is 1. The van der Waals surface area contributed by atoms with Gasteiger partial charge in [-0.3, -0.25) is 0 Å². The Kier molecular flexibility index (Phi) is 6.59. The molecular formula is C22H21ClF3N5O2S. The highest BCUT2D eigenvalue weighted by molar-refractivity contribution is 7.89. The molecular weight excluding hydrogens is 491 g/mol. The molecule has 1 N–H and O–H groups in total. The van der Waals surface area contributed by atoms with Crippen LogP contribution in [0.5, 0.6) is 0 Å². The van der Waals surface area contributed by atoms with Gasteiger partial charge >= 0.3 is 6.18 Å². The van der Waals surface area contributed by atoms with Gasteiger partial charge in [-0.1, -0.05) is 30.9 Å². The fraction of sp³-hybridized carbons (Fsp3) is 0.409. The second-order valence-electron chi connectivity index (χ2n) is 8.29. The number of sulfonamides is 1. The Balaban J connectivity index is 1.82. The van der Waals surface area contributed by atoms with Crippen LogP contribution in [0.2, 0.25) is 5.02 Å². The topological polar surface area (TPSA) is 101 Å². The van der Waals surface area contributed by atoms with E-state index in [9.17, 15) is 26.9 Å². The lowest BCUT2D eigenvalue weighted by Crippen LogP contribution is -2.43. The normalized spacial score (nSPS) is 16.5. The first-order valence-corrected chi connectivity index (χ1v) is 12.5. The minimum absolute atomic E-state index is 0.0934. The highest BCUT2D eigenvalue weighted by Gasteiger charge is 2.39. The highest BCUT2D eigenvalue weighted by Crippen LogP contribution is 2.40. The molecule has 12 heteroatoms. The fourth-order valence-corrected chi connectivity index (χ4v) is 5.57. The van der Waals surface area contributed by atoms with Crippen molar-refractivity contribution in [1.82, 2.24) is 19.3 Å². The van der Waals surface area contributed by atoms with Crippen molar-refractivity contribution >= 4 is 32.5 Å². The van der Waals surface area contributed by atoms with E-state index >= 15 is 0 Å². The molecule has 3 aromatic rings. The second-order valence-corrected chi connectivity index (χ2v) is 10.4. The lowest BCUT2D eigenvalue weighted by Gasteiger charge is -2.26. The van der Waals surface area contributed by atoms with Crippen LogP contribution in [0.3, 0.4) is 0 Å². The van der Waals surface area contributed by atoms with Crippen LogP contribution in [-0.4, -0.2) is 35.2 Å². The van der Waals surface area contributed by atoms with Crippen molar-refractivity contribution in [2.45, 2.75) is 62.2 Å². The molecule has 1 atom stereocenters. The molecule has 2 aromatic heterocycles. The summed E-state index contributed by atoms with van der Waals surface area (Å²) in [6.07, 6.45) is 2.13. The maximum Gasteiger partial charge on any atom is 0.404 e. The van der Waals surface area contributed by atoms with Gasteiger partial charge < -0.3 is 4.57 Å². The van der Waals surface area contributed by atoms with Crippen LogP contribution in [-0.2, 0) is 10.0 Å². The lowest BCUT2D eigenvalue weighted by atomic mass is 9.95. The molecule has 7 nitrogen and oxygen atoms in total. The summed E-state index contributed by atoms with van der Waals surface area (Å²) in [6, 6.07) is 5.27. The van der Waals surface area contributed by atoms with Crippen molar-refractivity contribution in [1.29, 1.82) is 5.26 Å². The van der Waals surface area contributed by atoms with Gasteiger partial charge in [-0.05, 0) is 38.0 Å². The molecule has 0 amide bonds. The number of aromatic nitrogens is 3. The Hall–Kier alpha value is -2.68. The predicted molar refractivity (Wildman–Crippen MR) is 121 cm³/mol. The maximum atomic E-state index is 12.8. The molecule has 180 valence electrons. The van der Waals surface area contributed by atoms with E-state index in [2.05, 4.69) is 16.0 Å². The molecule has 2 heterocycles. The van der Waals surface area contributed by atoms with E-state index in [0.717, 1.165) is 50.0 Å². The van der Waals surface area contributed by atoms with Crippen molar-refractivity contribution in [3.63, 3.8) is 0 Å². The number of hydrogen-bond donors (Lipinski definition) is 1. The predicted octanol–water partition coefficient (Wildman–Crippen LogP) is 5.36. The van der Waals surface area contributed by atoms with E-state index in [0.29, 0.717) is 28.6 Å². The molecule has 1 fully saturated rings. The molecule has 0 spiro atoms. The van der Waals surface area contributed by atoms with E-state index in [-0.39, 0.29) is 11.9 Å². The summed E-state index contributed by atoms with van der Waals surface area (Å²) in [7, 11) is -4.50. The number of nitrogens with one attached hydrogen (secondary N) is 1.